The van der Waals surface area contributed by atoms with Crippen molar-refractivity contribution in [3.63, 3.8) is 0 Å². The summed E-state index contributed by atoms with van der Waals surface area (Å²) in [5, 5.41) is 0.446. The van der Waals surface area contributed by atoms with Crippen molar-refractivity contribution in [3.8, 4) is 0 Å². The maximum Gasteiger partial charge on any atom is 0.128 e. The molecule has 0 radical (unpaired) electrons. The van der Waals surface area contributed by atoms with Gasteiger partial charge in [-0.15, -0.1) is 0 Å². The zero-order valence-electron chi connectivity index (χ0n) is 7.58. The molecule has 1 unspecified atom stereocenters. The maximum atomic E-state index is 13.5. The van der Waals surface area contributed by atoms with Crippen LogP contribution in [-0.4, -0.2) is 0 Å². The van der Waals surface area contributed by atoms with Gasteiger partial charge >= 0.3 is 0 Å². The zero-order chi connectivity index (χ0) is 9.97. The van der Waals surface area contributed by atoms with E-state index in [1.165, 1.54) is 6.07 Å². The van der Waals surface area contributed by atoms with Crippen molar-refractivity contribution in [2.75, 3.05) is 0 Å². The van der Waals surface area contributed by atoms with Crippen LogP contribution in [0.3, 0.4) is 0 Å². The van der Waals surface area contributed by atoms with Crippen molar-refractivity contribution >= 4 is 11.6 Å². The quantitative estimate of drug-likeness (QED) is 0.653. The first-order valence-electron chi connectivity index (χ1n) is 4.55. The molecule has 0 heterocycles. The summed E-state index contributed by atoms with van der Waals surface area (Å²) in [4.78, 5) is 0. The molecule has 0 saturated carbocycles. The Morgan fingerprint density at radius 1 is 1.29 bits per heavy atom. The van der Waals surface area contributed by atoms with Crippen molar-refractivity contribution in [2.24, 2.45) is 0 Å². The predicted molar refractivity (Wildman–Crippen MR) is 57.0 cm³/mol. The fraction of sp³-hybridized carbons (Fsp3) is 0.167. The molecule has 72 valence electrons. The Kier molecular flexibility index (Phi) is 2.69. The van der Waals surface area contributed by atoms with Gasteiger partial charge in [-0.1, -0.05) is 42.0 Å². The van der Waals surface area contributed by atoms with Gasteiger partial charge in [0.25, 0.3) is 0 Å². The van der Waals surface area contributed by atoms with E-state index in [2.05, 4.69) is 0 Å². The van der Waals surface area contributed by atoms with Crippen LogP contribution in [0.4, 0.5) is 4.39 Å². The van der Waals surface area contributed by atoms with Gasteiger partial charge in [0, 0.05) is 10.9 Å². The third-order valence-corrected chi connectivity index (χ3v) is 2.58. The van der Waals surface area contributed by atoms with Crippen molar-refractivity contribution in [3.05, 3.63) is 58.9 Å². The molecule has 0 aromatic heterocycles. The Hall–Kier alpha value is -1.08. The first-order valence-corrected chi connectivity index (χ1v) is 4.93. The lowest BCUT2D eigenvalue weighted by atomic mass is 9.92. The van der Waals surface area contributed by atoms with Crippen molar-refractivity contribution in [2.45, 2.75) is 12.3 Å². The highest BCUT2D eigenvalue weighted by Crippen LogP contribution is 2.28. The molecule has 0 spiro atoms. The summed E-state index contributed by atoms with van der Waals surface area (Å²) in [5.74, 6) is -0.0697. The minimum absolute atomic E-state index is 0.150. The molecule has 0 amide bonds. The van der Waals surface area contributed by atoms with E-state index >= 15 is 0 Å². The Bertz CT molecular complexity index is 393. The van der Waals surface area contributed by atoms with Crippen molar-refractivity contribution in [1.29, 1.82) is 0 Å². The fourth-order valence-electron chi connectivity index (χ4n) is 1.61. The molecule has 0 saturated heterocycles. The summed E-state index contributed by atoms with van der Waals surface area (Å²) in [7, 11) is 0. The van der Waals surface area contributed by atoms with E-state index in [9.17, 15) is 4.39 Å². The van der Waals surface area contributed by atoms with E-state index in [-0.39, 0.29) is 11.7 Å². The van der Waals surface area contributed by atoms with Gasteiger partial charge in [-0.3, -0.25) is 0 Å². The van der Waals surface area contributed by atoms with Crippen LogP contribution in [0.25, 0.3) is 0 Å². The van der Waals surface area contributed by atoms with Gasteiger partial charge in [-0.25, -0.2) is 4.39 Å². The lowest BCUT2D eigenvalue weighted by molar-refractivity contribution is 0.599. The standard InChI is InChI=1S/C12H10ClF/c13-10-6-7-11(12(14)8-10)9-4-2-1-3-5-9/h1-4,6-9H,5H2. The second-order valence-corrected chi connectivity index (χ2v) is 3.76. The number of rotatable bonds is 1. The average molecular weight is 209 g/mol. The lowest BCUT2D eigenvalue weighted by Crippen LogP contribution is -1.99. The molecule has 14 heavy (non-hydrogen) atoms. The third kappa shape index (κ3) is 1.88. The molecule has 1 atom stereocenters. The van der Waals surface area contributed by atoms with Gasteiger partial charge in [0.1, 0.15) is 5.82 Å². The molecule has 0 nitrogen and oxygen atoms in total. The predicted octanol–water partition coefficient (Wildman–Crippen LogP) is 4.08. The maximum absolute atomic E-state index is 13.5. The molecule has 0 bridgehead atoms. The first-order chi connectivity index (χ1) is 6.77. The van der Waals surface area contributed by atoms with Crippen LogP contribution < -0.4 is 0 Å². The van der Waals surface area contributed by atoms with Crippen LogP contribution in [0, 0.1) is 5.82 Å². The second-order valence-electron chi connectivity index (χ2n) is 3.32. The number of hydrogen-bond acceptors (Lipinski definition) is 0. The van der Waals surface area contributed by atoms with E-state index in [0.29, 0.717) is 5.02 Å². The third-order valence-electron chi connectivity index (χ3n) is 2.34. The highest BCUT2D eigenvalue weighted by atomic mass is 35.5. The van der Waals surface area contributed by atoms with Gasteiger partial charge in [0.15, 0.2) is 0 Å². The molecule has 2 rings (SSSR count). The molecular weight excluding hydrogens is 199 g/mol. The monoisotopic (exact) mass is 208 g/mol. The molecule has 0 aliphatic heterocycles. The summed E-state index contributed by atoms with van der Waals surface area (Å²) < 4.78 is 13.5. The zero-order valence-corrected chi connectivity index (χ0v) is 8.34. The van der Waals surface area contributed by atoms with E-state index in [1.807, 2.05) is 24.3 Å². The van der Waals surface area contributed by atoms with Gasteiger partial charge in [0.05, 0.1) is 0 Å². The SMILES string of the molecule is Fc1cc(Cl)ccc1C1C=CC=CC1. The minimum Gasteiger partial charge on any atom is -0.207 e. The lowest BCUT2D eigenvalue weighted by Gasteiger charge is -2.14. The van der Waals surface area contributed by atoms with Gasteiger partial charge in [-0.05, 0) is 24.1 Å². The Labute approximate surface area is 87.7 Å². The molecule has 0 fully saturated rings. The normalized spacial score (nSPS) is 20.0. The van der Waals surface area contributed by atoms with Crippen LogP contribution in [0.5, 0.6) is 0 Å². The van der Waals surface area contributed by atoms with Gasteiger partial charge < -0.3 is 0 Å². The van der Waals surface area contributed by atoms with E-state index in [0.717, 1.165) is 12.0 Å². The summed E-state index contributed by atoms with van der Waals surface area (Å²) >= 11 is 5.68. The van der Waals surface area contributed by atoms with Crippen LogP contribution >= 0.6 is 11.6 Å². The highest BCUT2D eigenvalue weighted by Gasteiger charge is 2.12. The van der Waals surface area contributed by atoms with E-state index < -0.39 is 0 Å². The van der Waals surface area contributed by atoms with Crippen LogP contribution in [0.15, 0.2) is 42.5 Å². The fourth-order valence-corrected chi connectivity index (χ4v) is 1.77. The van der Waals surface area contributed by atoms with Crippen LogP contribution in [-0.2, 0) is 0 Å². The summed E-state index contributed by atoms with van der Waals surface area (Å²) in [6, 6.07) is 4.85. The van der Waals surface area contributed by atoms with Crippen molar-refractivity contribution < 1.29 is 4.39 Å². The van der Waals surface area contributed by atoms with Crippen LogP contribution in [0.1, 0.15) is 17.9 Å². The Balaban J connectivity index is 2.32. The molecule has 0 N–H and O–H groups in total. The summed E-state index contributed by atoms with van der Waals surface area (Å²) in [6.45, 7) is 0. The molecule has 1 aromatic rings. The molecule has 1 aromatic carbocycles. The number of halogens is 2. The largest absolute Gasteiger partial charge is 0.207 e. The number of allylic oxidation sites excluding steroid dienone is 4. The van der Waals surface area contributed by atoms with Gasteiger partial charge in [0.2, 0.25) is 0 Å². The van der Waals surface area contributed by atoms with E-state index in [4.69, 9.17) is 11.6 Å². The van der Waals surface area contributed by atoms with Gasteiger partial charge in [-0.2, -0.15) is 0 Å². The molecular formula is C12H10ClF. The number of benzene rings is 1. The molecule has 1 aliphatic rings. The molecule has 2 heteroatoms. The number of hydrogen-bond donors (Lipinski definition) is 0. The molecule has 1 aliphatic carbocycles. The minimum atomic E-state index is -0.220. The Morgan fingerprint density at radius 2 is 2.14 bits per heavy atom. The van der Waals surface area contributed by atoms with Crippen LogP contribution in [0.2, 0.25) is 5.02 Å². The topological polar surface area (TPSA) is 0 Å². The van der Waals surface area contributed by atoms with Crippen molar-refractivity contribution in [1.82, 2.24) is 0 Å². The average Bonchev–Trinajstić information content (AvgIpc) is 2.19. The highest BCUT2D eigenvalue weighted by molar-refractivity contribution is 6.30. The summed E-state index contributed by atoms with van der Waals surface area (Å²) in [5.41, 5.74) is 0.718. The van der Waals surface area contributed by atoms with E-state index in [1.54, 1.807) is 12.1 Å². The Morgan fingerprint density at radius 3 is 2.79 bits per heavy atom. The smallest absolute Gasteiger partial charge is 0.128 e. The summed E-state index contributed by atoms with van der Waals surface area (Å²) in [6.07, 6.45) is 8.83. The second kappa shape index (κ2) is 3.97. The first kappa shape index (κ1) is 9.47.